The number of nitrogens with one attached hydrogen (secondary N) is 2. The maximum absolute atomic E-state index is 12.1. The van der Waals surface area contributed by atoms with Gasteiger partial charge in [0.05, 0.1) is 7.11 Å². The van der Waals surface area contributed by atoms with Gasteiger partial charge in [-0.25, -0.2) is 4.98 Å². The van der Waals surface area contributed by atoms with Gasteiger partial charge in [-0.15, -0.1) is 0 Å². The molecule has 124 valence electrons. The van der Waals surface area contributed by atoms with Crippen molar-refractivity contribution >= 4 is 17.5 Å². The Labute approximate surface area is 140 Å². The van der Waals surface area contributed by atoms with Gasteiger partial charge in [-0.2, -0.15) is 0 Å². The molecule has 2 aromatic rings. The second kappa shape index (κ2) is 7.12. The zero-order chi connectivity index (χ0) is 16.9. The van der Waals surface area contributed by atoms with Crippen LogP contribution in [0, 0.1) is 5.92 Å². The van der Waals surface area contributed by atoms with Crippen LogP contribution in [-0.2, 0) is 11.3 Å². The minimum atomic E-state index is -0.175. The van der Waals surface area contributed by atoms with Crippen LogP contribution in [0.1, 0.15) is 28.8 Å². The van der Waals surface area contributed by atoms with Crippen LogP contribution in [0.5, 0.6) is 5.88 Å². The second-order valence-corrected chi connectivity index (χ2v) is 5.73. The Balaban J connectivity index is 1.53. The fourth-order valence-corrected chi connectivity index (χ4v) is 2.22. The first-order valence-corrected chi connectivity index (χ1v) is 7.84. The quantitative estimate of drug-likeness (QED) is 0.854. The molecule has 0 bridgehead atoms. The van der Waals surface area contributed by atoms with Crippen molar-refractivity contribution in [2.75, 3.05) is 12.4 Å². The van der Waals surface area contributed by atoms with Crippen LogP contribution in [0.3, 0.4) is 0 Å². The Morgan fingerprint density at radius 1 is 1.17 bits per heavy atom. The number of benzene rings is 1. The predicted octanol–water partition coefficient (Wildman–Crippen LogP) is 2.37. The molecule has 1 aliphatic rings. The third-order valence-electron chi connectivity index (χ3n) is 3.82. The molecule has 24 heavy (non-hydrogen) atoms. The van der Waals surface area contributed by atoms with Crippen LogP contribution in [0.4, 0.5) is 5.69 Å². The molecule has 1 aromatic heterocycles. The minimum Gasteiger partial charge on any atom is -0.481 e. The molecule has 1 aliphatic carbocycles. The standard InChI is InChI=1S/C18H19N3O3/c1-24-16-9-2-12(10-19-16)11-20-17(22)13-5-7-15(8-6-13)21-18(23)14-3-4-14/h2,5-10,14H,3-4,11H2,1H3,(H,20,22)(H,21,23). The van der Waals surface area contributed by atoms with E-state index in [1.54, 1.807) is 43.6 Å². The van der Waals surface area contributed by atoms with Crippen molar-refractivity contribution in [2.24, 2.45) is 5.92 Å². The van der Waals surface area contributed by atoms with E-state index in [1.165, 1.54) is 0 Å². The van der Waals surface area contributed by atoms with E-state index in [9.17, 15) is 9.59 Å². The van der Waals surface area contributed by atoms with Crippen LogP contribution in [-0.4, -0.2) is 23.9 Å². The molecule has 0 aliphatic heterocycles. The molecule has 1 fully saturated rings. The van der Waals surface area contributed by atoms with Crippen LogP contribution in [0.25, 0.3) is 0 Å². The van der Waals surface area contributed by atoms with E-state index in [1.807, 2.05) is 6.07 Å². The van der Waals surface area contributed by atoms with Crippen molar-refractivity contribution in [3.8, 4) is 5.88 Å². The number of methoxy groups -OCH3 is 1. The average molecular weight is 325 g/mol. The van der Waals surface area contributed by atoms with Crippen molar-refractivity contribution < 1.29 is 14.3 Å². The topological polar surface area (TPSA) is 80.3 Å². The number of hydrogen-bond donors (Lipinski definition) is 2. The van der Waals surface area contributed by atoms with Gasteiger partial charge < -0.3 is 15.4 Å². The lowest BCUT2D eigenvalue weighted by Gasteiger charge is -2.08. The number of nitrogens with zero attached hydrogens (tertiary/aromatic N) is 1. The van der Waals surface area contributed by atoms with Gasteiger partial charge in [0.25, 0.3) is 5.91 Å². The Bertz CT molecular complexity index is 722. The number of rotatable bonds is 6. The van der Waals surface area contributed by atoms with Crippen molar-refractivity contribution in [1.29, 1.82) is 0 Å². The average Bonchev–Trinajstić information content (AvgIpc) is 3.46. The van der Waals surface area contributed by atoms with Gasteiger partial charge in [0.1, 0.15) is 0 Å². The number of pyridine rings is 1. The molecule has 6 nitrogen and oxygen atoms in total. The monoisotopic (exact) mass is 325 g/mol. The molecule has 6 heteroatoms. The first-order chi connectivity index (χ1) is 11.7. The lowest BCUT2D eigenvalue weighted by Crippen LogP contribution is -2.22. The lowest BCUT2D eigenvalue weighted by atomic mass is 10.2. The Hall–Kier alpha value is -2.89. The summed E-state index contributed by atoms with van der Waals surface area (Å²) < 4.78 is 4.99. The molecule has 0 radical (unpaired) electrons. The Kier molecular flexibility index (Phi) is 4.74. The number of carbonyl (C=O) groups excluding carboxylic acids is 2. The van der Waals surface area contributed by atoms with E-state index >= 15 is 0 Å². The van der Waals surface area contributed by atoms with E-state index in [2.05, 4.69) is 15.6 Å². The molecular formula is C18H19N3O3. The summed E-state index contributed by atoms with van der Waals surface area (Å²) >= 11 is 0. The van der Waals surface area contributed by atoms with Gasteiger partial charge in [0, 0.05) is 36.0 Å². The van der Waals surface area contributed by atoms with Crippen molar-refractivity contribution in [1.82, 2.24) is 10.3 Å². The minimum absolute atomic E-state index is 0.0548. The molecule has 0 unspecified atom stereocenters. The van der Waals surface area contributed by atoms with Gasteiger partial charge in [0.15, 0.2) is 0 Å². The zero-order valence-electron chi connectivity index (χ0n) is 13.4. The van der Waals surface area contributed by atoms with Gasteiger partial charge in [0.2, 0.25) is 11.8 Å². The van der Waals surface area contributed by atoms with E-state index < -0.39 is 0 Å². The lowest BCUT2D eigenvalue weighted by molar-refractivity contribution is -0.117. The summed E-state index contributed by atoms with van der Waals surface area (Å²) in [6, 6.07) is 10.5. The van der Waals surface area contributed by atoms with Crippen LogP contribution < -0.4 is 15.4 Å². The Morgan fingerprint density at radius 3 is 2.50 bits per heavy atom. The van der Waals surface area contributed by atoms with Crippen LogP contribution in [0.2, 0.25) is 0 Å². The molecule has 1 saturated carbocycles. The number of amides is 2. The SMILES string of the molecule is COc1ccc(CNC(=O)c2ccc(NC(=O)C3CC3)cc2)cn1. The fourth-order valence-electron chi connectivity index (χ4n) is 2.22. The van der Waals surface area contributed by atoms with Crippen molar-refractivity contribution in [3.05, 3.63) is 53.7 Å². The summed E-state index contributed by atoms with van der Waals surface area (Å²) in [4.78, 5) is 27.9. The van der Waals surface area contributed by atoms with E-state index in [-0.39, 0.29) is 17.7 Å². The van der Waals surface area contributed by atoms with Gasteiger partial charge >= 0.3 is 0 Å². The van der Waals surface area contributed by atoms with Crippen molar-refractivity contribution in [2.45, 2.75) is 19.4 Å². The Morgan fingerprint density at radius 2 is 1.92 bits per heavy atom. The van der Waals surface area contributed by atoms with Crippen molar-refractivity contribution in [3.63, 3.8) is 0 Å². The molecule has 2 N–H and O–H groups in total. The van der Waals surface area contributed by atoms with Crippen LogP contribution in [0.15, 0.2) is 42.6 Å². The molecule has 0 spiro atoms. The molecule has 1 heterocycles. The third kappa shape index (κ3) is 4.10. The molecular weight excluding hydrogens is 306 g/mol. The highest BCUT2D eigenvalue weighted by Crippen LogP contribution is 2.30. The van der Waals surface area contributed by atoms with E-state index in [0.717, 1.165) is 18.4 Å². The van der Waals surface area contributed by atoms with Gasteiger partial charge in [-0.3, -0.25) is 9.59 Å². The first-order valence-electron chi connectivity index (χ1n) is 7.84. The van der Waals surface area contributed by atoms with Gasteiger partial charge in [-0.1, -0.05) is 6.07 Å². The summed E-state index contributed by atoms with van der Waals surface area (Å²) in [5.41, 5.74) is 2.14. The number of aromatic nitrogens is 1. The molecule has 3 rings (SSSR count). The normalized spacial score (nSPS) is 13.2. The first kappa shape index (κ1) is 16.0. The summed E-state index contributed by atoms with van der Waals surface area (Å²) in [5.74, 6) is 0.574. The van der Waals surface area contributed by atoms with E-state index in [0.29, 0.717) is 23.7 Å². The van der Waals surface area contributed by atoms with Crippen LogP contribution >= 0.6 is 0 Å². The summed E-state index contributed by atoms with van der Waals surface area (Å²) in [6.07, 6.45) is 3.59. The highest BCUT2D eigenvalue weighted by molar-refractivity contribution is 5.96. The fraction of sp³-hybridized carbons (Fsp3) is 0.278. The largest absolute Gasteiger partial charge is 0.481 e. The highest BCUT2D eigenvalue weighted by Gasteiger charge is 2.29. The smallest absolute Gasteiger partial charge is 0.251 e. The van der Waals surface area contributed by atoms with Gasteiger partial charge in [-0.05, 0) is 42.7 Å². The number of ether oxygens (including phenoxy) is 1. The zero-order valence-corrected chi connectivity index (χ0v) is 13.4. The molecule has 2 amide bonds. The predicted molar refractivity (Wildman–Crippen MR) is 89.8 cm³/mol. The number of carbonyl (C=O) groups is 2. The number of anilines is 1. The molecule has 1 aromatic carbocycles. The summed E-state index contributed by atoms with van der Waals surface area (Å²) in [7, 11) is 1.56. The summed E-state index contributed by atoms with van der Waals surface area (Å²) in [6.45, 7) is 0.385. The second-order valence-electron chi connectivity index (χ2n) is 5.73. The highest BCUT2D eigenvalue weighted by atomic mass is 16.5. The molecule has 0 atom stereocenters. The maximum Gasteiger partial charge on any atom is 0.251 e. The van der Waals surface area contributed by atoms with E-state index in [4.69, 9.17) is 4.74 Å². The summed E-state index contributed by atoms with van der Waals surface area (Å²) in [5, 5.41) is 5.68. The number of hydrogen-bond acceptors (Lipinski definition) is 4. The maximum atomic E-state index is 12.1. The molecule has 0 saturated heterocycles. The third-order valence-corrected chi connectivity index (χ3v) is 3.82.